The van der Waals surface area contributed by atoms with Gasteiger partial charge in [-0.05, 0) is 34.6 Å². The van der Waals surface area contributed by atoms with Crippen LogP contribution in [0.5, 0.6) is 0 Å². The Morgan fingerprint density at radius 3 is 2.00 bits per heavy atom. The number of nitrogens with one attached hydrogen (secondary N) is 3. The van der Waals surface area contributed by atoms with E-state index in [0.29, 0.717) is 19.6 Å². The van der Waals surface area contributed by atoms with Crippen LogP contribution < -0.4 is 16.0 Å². The number of urea groups is 1. The van der Waals surface area contributed by atoms with Crippen LogP contribution in [0, 0.1) is 0 Å². The van der Waals surface area contributed by atoms with Gasteiger partial charge >= 0.3 is 6.03 Å². The molecule has 0 radical (unpaired) electrons. The zero-order chi connectivity index (χ0) is 15.7. The Morgan fingerprint density at radius 1 is 1.00 bits per heavy atom. The molecule has 20 heavy (non-hydrogen) atoms. The molecule has 0 spiro atoms. The van der Waals surface area contributed by atoms with Crippen molar-refractivity contribution in [3.63, 3.8) is 0 Å². The second-order valence-corrected chi connectivity index (χ2v) is 4.47. The van der Waals surface area contributed by atoms with Crippen molar-refractivity contribution in [2.24, 2.45) is 0 Å². The van der Waals surface area contributed by atoms with Gasteiger partial charge in [0, 0.05) is 19.6 Å². The molecule has 116 valence electrons. The fourth-order valence-electron chi connectivity index (χ4n) is 1.76. The molecule has 7 nitrogen and oxygen atoms in total. The minimum absolute atomic E-state index is 0.0624. The van der Waals surface area contributed by atoms with Crippen molar-refractivity contribution in [2.75, 3.05) is 19.6 Å². The summed E-state index contributed by atoms with van der Waals surface area (Å²) in [6.07, 6.45) is 0. The first-order chi connectivity index (χ1) is 9.37. The lowest BCUT2D eigenvalue weighted by Gasteiger charge is -2.25. The number of rotatable bonds is 7. The molecule has 2 unspecified atom stereocenters. The second kappa shape index (κ2) is 9.30. The molecule has 3 N–H and O–H groups in total. The Morgan fingerprint density at radius 2 is 1.55 bits per heavy atom. The number of hydrogen-bond acceptors (Lipinski definition) is 4. The SMILES string of the molecule is CCNC(=O)NC(=O)C(C)NC(C)C(=O)N(CC)CC. The maximum absolute atomic E-state index is 12.0. The van der Waals surface area contributed by atoms with Gasteiger partial charge in [-0.2, -0.15) is 0 Å². The molecular formula is C13H26N4O3. The van der Waals surface area contributed by atoms with Crippen LogP contribution in [0.3, 0.4) is 0 Å². The standard InChI is InChI=1S/C13H26N4O3/c1-6-14-13(20)16-11(18)9(4)15-10(5)12(19)17(7-2)8-3/h9-10,15H,6-8H2,1-5H3,(H2,14,16,18,20). The minimum atomic E-state index is -0.632. The summed E-state index contributed by atoms with van der Waals surface area (Å²) >= 11 is 0. The van der Waals surface area contributed by atoms with Gasteiger partial charge in [-0.1, -0.05) is 0 Å². The first-order valence-corrected chi connectivity index (χ1v) is 7.00. The molecule has 0 saturated heterocycles. The predicted molar refractivity (Wildman–Crippen MR) is 77.2 cm³/mol. The summed E-state index contributed by atoms with van der Waals surface area (Å²) in [5, 5.41) is 7.57. The van der Waals surface area contributed by atoms with Crippen LogP contribution in [0.2, 0.25) is 0 Å². The van der Waals surface area contributed by atoms with Crippen LogP contribution in [0.25, 0.3) is 0 Å². The van der Waals surface area contributed by atoms with E-state index in [4.69, 9.17) is 0 Å². The monoisotopic (exact) mass is 286 g/mol. The summed E-state index contributed by atoms with van der Waals surface area (Å²) in [5.74, 6) is -0.525. The van der Waals surface area contributed by atoms with E-state index in [1.165, 1.54) is 0 Å². The fourth-order valence-corrected chi connectivity index (χ4v) is 1.76. The molecule has 0 aliphatic rings. The first-order valence-electron chi connectivity index (χ1n) is 7.00. The van der Waals surface area contributed by atoms with Crippen molar-refractivity contribution >= 4 is 17.8 Å². The highest BCUT2D eigenvalue weighted by molar-refractivity contribution is 5.97. The second-order valence-electron chi connectivity index (χ2n) is 4.47. The van der Waals surface area contributed by atoms with E-state index in [1.807, 2.05) is 13.8 Å². The van der Waals surface area contributed by atoms with Crippen molar-refractivity contribution in [3.8, 4) is 0 Å². The largest absolute Gasteiger partial charge is 0.342 e. The normalized spacial score (nSPS) is 13.2. The first kappa shape index (κ1) is 18.4. The molecule has 0 aliphatic carbocycles. The lowest BCUT2D eigenvalue weighted by molar-refractivity contribution is -0.133. The Hall–Kier alpha value is -1.63. The van der Waals surface area contributed by atoms with Gasteiger partial charge in [0.2, 0.25) is 11.8 Å². The molecule has 0 aromatic heterocycles. The molecule has 0 rings (SSSR count). The van der Waals surface area contributed by atoms with Crippen molar-refractivity contribution in [1.29, 1.82) is 0 Å². The average molecular weight is 286 g/mol. The van der Waals surface area contributed by atoms with E-state index >= 15 is 0 Å². The number of hydrogen-bond donors (Lipinski definition) is 3. The number of carbonyl (C=O) groups is 3. The van der Waals surface area contributed by atoms with Gasteiger partial charge in [0.25, 0.3) is 0 Å². The summed E-state index contributed by atoms with van der Waals surface area (Å²) in [6, 6.07) is -1.65. The smallest absolute Gasteiger partial charge is 0.321 e. The fraction of sp³-hybridized carbons (Fsp3) is 0.769. The van der Waals surface area contributed by atoms with Crippen LogP contribution in [0.4, 0.5) is 4.79 Å². The quantitative estimate of drug-likeness (QED) is 0.617. The van der Waals surface area contributed by atoms with E-state index in [9.17, 15) is 14.4 Å². The maximum atomic E-state index is 12.0. The molecular weight excluding hydrogens is 260 g/mol. The zero-order valence-electron chi connectivity index (χ0n) is 12.9. The molecule has 0 fully saturated rings. The molecule has 0 bridgehead atoms. The van der Waals surface area contributed by atoms with Gasteiger partial charge in [0.15, 0.2) is 0 Å². The summed E-state index contributed by atoms with van der Waals surface area (Å²) in [7, 11) is 0. The molecule has 0 heterocycles. The molecule has 0 aromatic carbocycles. The van der Waals surface area contributed by atoms with Crippen LogP contribution in [-0.4, -0.2) is 54.5 Å². The highest BCUT2D eigenvalue weighted by Gasteiger charge is 2.23. The van der Waals surface area contributed by atoms with Crippen molar-refractivity contribution in [1.82, 2.24) is 20.9 Å². The minimum Gasteiger partial charge on any atom is -0.342 e. The predicted octanol–water partition coefficient (Wildman–Crippen LogP) is 0.0671. The third kappa shape index (κ3) is 6.01. The number of nitrogens with zero attached hydrogens (tertiary/aromatic N) is 1. The van der Waals surface area contributed by atoms with Gasteiger partial charge < -0.3 is 10.2 Å². The number of amides is 4. The topological polar surface area (TPSA) is 90.5 Å². The molecule has 4 amide bonds. The highest BCUT2D eigenvalue weighted by atomic mass is 16.2. The van der Waals surface area contributed by atoms with Crippen LogP contribution in [0.15, 0.2) is 0 Å². The van der Waals surface area contributed by atoms with E-state index in [2.05, 4.69) is 16.0 Å². The number of imide groups is 1. The van der Waals surface area contributed by atoms with Gasteiger partial charge in [0.1, 0.15) is 0 Å². The van der Waals surface area contributed by atoms with Crippen LogP contribution in [0.1, 0.15) is 34.6 Å². The van der Waals surface area contributed by atoms with Crippen molar-refractivity contribution in [3.05, 3.63) is 0 Å². The molecule has 2 atom stereocenters. The van der Waals surface area contributed by atoms with Crippen LogP contribution in [-0.2, 0) is 9.59 Å². The zero-order valence-corrected chi connectivity index (χ0v) is 12.9. The van der Waals surface area contributed by atoms with Gasteiger partial charge in [-0.15, -0.1) is 0 Å². The van der Waals surface area contributed by atoms with E-state index < -0.39 is 24.0 Å². The summed E-state index contributed by atoms with van der Waals surface area (Å²) in [5.41, 5.74) is 0. The molecule has 0 aromatic rings. The summed E-state index contributed by atoms with van der Waals surface area (Å²) in [4.78, 5) is 36.7. The van der Waals surface area contributed by atoms with E-state index in [1.54, 1.807) is 25.7 Å². The van der Waals surface area contributed by atoms with Gasteiger partial charge in [-0.25, -0.2) is 4.79 Å². The Bertz CT molecular complexity index is 343. The average Bonchev–Trinajstić information content (AvgIpc) is 2.39. The lowest BCUT2D eigenvalue weighted by atomic mass is 10.2. The van der Waals surface area contributed by atoms with E-state index in [0.717, 1.165) is 0 Å². The Kier molecular flexibility index (Phi) is 8.54. The van der Waals surface area contributed by atoms with Crippen LogP contribution >= 0.6 is 0 Å². The third-order valence-corrected chi connectivity index (χ3v) is 2.91. The van der Waals surface area contributed by atoms with Gasteiger partial charge in [0.05, 0.1) is 12.1 Å². The third-order valence-electron chi connectivity index (χ3n) is 2.91. The Balaban J connectivity index is 4.37. The molecule has 0 saturated carbocycles. The summed E-state index contributed by atoms with van der Waals surface area (Å²) < 4.78 is 0. The van der Waals surface area contributed by atoms with Crippen molar-refractivity contribution < 1.29 is 14.4 Å². The highest BCUT2D eigenvalue weighted by Crippen LogP contribution is 1.96. The van der Waals surface area contributed by atoms with E-state index in [-0.39, 0.29) is 5.91 Å². The maximum Gasteiger partial charge on any atom is 0.321 e. The Labute approximate surface area is 120 Å². The number of carbonyl (C=O) groups excluding carboxylic acids is 3. The molecule has 0 aliphatic heterocycles. The number of likely N-dealkylation sites (N-methyl/N-ethyl adjacent to an activating group) is 1. The summed E-state index contributed by atoms with van der Waals surface area (Å²) in [6.45, 7) is 10.6. The van der Waals surface area contributed by atoms with Crippen molar-refractivity contribution in [2.45, 2.75) is 46.7 Å². The molecule has 7 heteroatoms. The van der Waals surface area contributed by atoms with Gasteiger partial charge in [-0.3, -0.25) is 20.2 Å². The lowest BCUT2D eigenvalue weighted by Crippen LogP contribution is -2.53.